The van der Waals surface area contributed by atoms with Gasteiger partial charge in [0.15, 0.2) is 0 Å². The molecule has 0 unspecified atom stereocenters. The maximum absolute atomic E-state index is 12.7. The molecule has 156 valence electrons. The zero-order chi connectivity index (χ0) is 21.1. The second-order valence-electron chi connectivity index (χ2n) is 7.22. The first-order valence-electron chi connectivity index (χ1n) is 9.89. The molecule has 8 heteroatoms. The monoisotopic (exact) mass is 424 g/mol. The smallest absolute Gasteiger partial charge is 0.337 e. The minimum atomic E-state index is -0.427. The highest BCUT2D eigenvalue weighted by Gasteiger charge is 2.26. The number of carbonyl (C=O) groups is 2. The zero-order valence-electron chi connectivity index (χ0n) is 17.0. The van der Waals surface area contributed by atoms with E-state index in [2.05, 4.69) is 23.2 Å². The van der Waals surface area contributed by atoms with E-state index in [-0.39, 0.29) is 12.1 Å². The number of carbonyl (C=O) groups excluding carboxylic acids is 2. The van der Waals surface area contributed by atoms with Crippen molar-refractivity contribution in [1.82, 2.24) is 14.8 Å². The van der Waals surface area contributed by atoms with Crippen molar-refractivity contribution in [2.75, 3.05) is 38.6 Å². The van der Waals surface area contributed by atoms with Crippen LogP contribution in [0.4, 0.5) is 10.5 Å². The fourth-order valence-electron chi connectivity index (χ4n) is 3.58. The molecule has 1 aromatic heterocycles. The number of piperazine rings is 1. The summed E-state index contributed by atoms with van der Waals surface area (Å²) >= 11 is 1.73. The molecule has 7 nitrogen and oxygen atoms in total. The van der Waals surface area contributed by atoms with Crippen molar-refractivity contribution in [3.63, 3.8) is 0 Å². The van der Waals surface area contributed by atoms with Crippen molar-refractivity contribution in [1.29, 1.82) is 0 Å². The highest BCUT2D eigenvalue weighted by atomic mass is 32.1. The van der Waals surface area contributed by atoms with Gasteiger partial charge < -0.3 is 15.0 Å². The van der Waals surface area contributed by atoms with Gasteiger partial charge in [0.2, 0.25) is 0 Å². The van der Waals surface area contributed by atoms with E-state index in [0.717, 1.165) is 23.6 Å². The number of rotatable bonds is 4. The summed E-state index contributed by atoms with van der Waals surface area (Å²) < 4.78 is 5.93. The maximum atomic E-state index is 12.7. The number of hydrogen-bond acceptors (Lipinski definition) is 6. The van der Waals surface area contributed by atoms with Crippen LogP contribution in [-0.4, -0.2) is 60.1 Å². The number of ether oxygens (including phenoxy) is 1. The van der Waals surface area contributed by atoms with Crippen molar-refractivity contribution >= 4 is 39.2 Å². The number of methoxy groups -OCH3 is 1. The Morgan fingerprint density at radius 1 is 1.10 bits per heavy atom. The Hall–Kier alpha value is -2.97. The van der Waals surface area contributed by atoms with Gasteiger partial charge in [0.05, 0.1) is 28.9 Å². The first kappa shape index (κ1) is 20.3. The third-order valence-electron chi connectivity index (χ3n) is 5.35. The highest BCUT2D eigenvalue weighted by molar-refractivity contribution is 7.18. The number of amides is 2. The molecule has 1 aliphatic rings. The average molecular weight is 425 g/mol. The Labute approximate surface area is 179 Å². The molecule has 0 bridgehead atoms. The third-order valence-corrected chi connectivity index (χ3v) is 6.56. The number of aromatic nitrogens is 1. The standard InChI is InChI=1S/C22H24N4O3S/c1-15(20-24-18-8-3-4-9-19(18)30-20)25-10-12-26(13-11-25)22(28)23-17-7-5-6-16(14-17)21(27)29-2/h3-9,14-15H,10-13H2,1-2H3,(H,23,28)/t15-/m0/s1. The van der Waals surface area contributed by atoms with E-state index in [1.54, 1.807) is 40.5 Å². The van der Waals surface area contributed by atoms with Gasteiger partial charge in [-0.25, -0.2) is 14.6 Å². The van der Waals surface area contributed by atoms with Gasteiger partial charge >= 0.3 is 12.0 Å². The summed E-state index contributed by atoms with van der Waals surface area (Å²) in [6.45, 7) is 5.01. The number of nitrogens with zero attached hydrogens (tertiary/aromatic N) is 3. The van der Waals surface area contributed by atoms with Gasteiger partial charge in [0.1, 0.15) is 5.01 Å². The summed E-state index contributed by atoms with van der Waals surface area (Å²) in [6, 6.07) is 15.0. The zero-order valence-corrected chi connectivity index (χ0v) is 17.8. The Bertz CT molecular complexity index is 1030. The maximum Gasteiger partial charge on any atom is 0.337 e. The van der Waals surface area contributed by atoms with Gasteiger partial charge in [-0.2, -0.15) is 0 Å². The van der Waals surface area contributed by atoms with Crippen LogP contribution in [0.3, 0.4) is 0 Å². The molecule has 0 spiro atoms. The summed E-state index contributed by atoms with van der Waals surface area (Å²) in [6.07, 6.45) is 0. The minimum absolute atomic E-state index is 0.163. The Morgan fingerprint density at radius 3 is 2.60 bits per heavy atom. The number of hydrogen-bond donors (Lipinski definition) is 1. The molecule has 0 aliphatic carbocycles. The lowest BCUT2D eigenvalue weighted by atomic mass is 10.2. The molecule has 30 heavy (non-hydrogen) atoms. The lowest BCUT2D eigenvalue weighted by Crippen LogP contribution is -2.50. The molecule has 2 aromatic carbocycles. The number of anilines is 1. The second-order valence-corrected chi connectivity index (χ2v) is 8.28. The van der Waals surface area contributed by atoms with Crippen LogP contribution < -0.4 is 5.32 Å². The van der Waals surface area contributed by atoms with Crippen LogP contribution in [0.5, 0.6) is 0 Å². The van der Waals surface area contributed by atoms with Crippen molar-refractivity contribution < 1.29 is 14.3 Å². The molecule has 3 aromatic rings. The van der Waals surface area contributed by atoms with Crippen molar-refractivity contribution in [2.45, 2.75) is 13.0 Å². The van der Waals surface area contributed by atoms with Gasteiger partial charge in [0, 0.05) is 31.9 Å². The molecule has 1 fully saturated rings. The molecule has 1 saturated heterocycles. The predicted molar refractivity (Wildman–Crippen MR) is 118 cm³/mol. The van der Waals surface area contributed by atoms with Gasteiger partial charge in [-0.05, 0) is 37.3 Å². The molecule has 0 saturated carbocycles. The van der Waals surface area contributed by atoms with Crippen LogP contribution in [-0.2, 0) is 4.74 Å². The van der Waals surface area contributed by atoms with Crippen LogP contribution in [0.1, 0.15) is 28.3 Å². The van der Waals surface area contributed by atoms with Gasteiger partial charge in [-0.3, -0.25) is 4.90 Å². The number of thiazole rings is 1. The Kier molecular flexibility index (Phi) is 5.96. The van der Waals surface area contributed by atoms with Crippen molar-refractivity contribution in [2.24, 2.45) is 0 Å². The summed E-state index contributed by atoms with van der Waals surface area (Å²) in [4.78, 5) is 33.3. The summed E-state index contributed by atoms with van der Waals surface area (Å²) in [5.74, 6) is -0.427. The van der Waals surface area contributed by atoms with Gasteiger partial charge in [-0.15, -0.1) is 11.3 Å². The molecule has 1 atom stereocenters. The summed E-state index contributed by atoms with van der Waals surface area (Å²) in [5, 5.41) is 3.98. The van der Waals surface area contributed by atoms with Crippen LogP contribution in [0.2, 0.25) is 0 Å². The van der Waals surface area contributed by atoms with Crippen molar-refractivity contribution in [3.8, 4) is 0 Å². The van der Waals surface area contributed by atoms with E-state index in [0.29, 0.717) is 24.3 Å². The van der Waals surface area contributed by atoms with E-state index in [9.17, 15) is 9.59 Å². The molecular formula is C22H24N4O3S. The normalized spacial score (nSPS) is 15.7. The van der Waals surface area contributed by atoms with E-state index < -0.39 is 5.97 Å². The number of fused-ring (bicyclic) bond motifs is 1. The highest BCUT2D eigenvalue weighted by Crippen LogP contribution is 2.30. The topological polar surface area (TPSA) is 74.8 Å². The number of para-hydroxylation sites is 1. The molecule has 2 heterocycles. The van der Waals surface area contributed by atoms with E-state index in [4.69, 9.17) is 9.72 Å². The van der Waals surface area contributed by atoms with E-state index >= 15 is 0 Å². The lowest BCUT2D eigenvalue weighted by Gasteiger charge is -2.37. The second kappa shape index (κ2) is 8.81. The van der Waals surface area contributed by atoms with Crippen LogP contribution in [0.25, 0.3) is 10.2 Å². The fraction of sp³-hybridized carbons (Fsp3) is 0.318. The first-order valence-corrected chi connectivity index (χ1v) is 10.7. The molecule has 2 amide bonds. The van der Waals surface area contributed by atoms with Gasteiger partial charge in [-0.1, -0.05) is 18.2 Å². The van der Waals surface area contributed by atoms with Gasteiger partial charge in [0.25, 0.3) is 0 Å². The predicted octanol–water partition coefficient (Wildman–Crippen LogP) is 3.99. The Morgan fingerprint density at radius 2 is 1.87 bits per heavy atom. The quantitative estimate of drug-likeness (QED) is 0.641. The molecule has 1 aliphatic heterocycles. The molecule has 0 radical (unpaired) electrons. The molecule has 1 N–H and O–H groups in total. The number of urea groups is 1. The Balaban J connectivity index is 1.34. The number of esters is 1. The minimum Gasteiger partial charge on any atom is -0.465 e. The van der Waals surface area contributed by atoms with E-state index in [1.807, 2.05) is 18.2 Å². The summed E-state index contributed by atoms with van der Waals surface area (Å²) in [7, 11) is 1.34. The largest absolute Gasteiger partial charge is 0.465 e. The van der Waals surface area contributed by atoms with Crippen LogP contribution >= 0.6 is 11.3 Å². The fourth-order valence-corrected chi connectivity index (χ4v) is 4.64. The third kappa shape index (κ3) is 4.29. The molecule has 4 rings (SSSR count). The van der Waals surface area contributed by atoms with Crippen LogP contribution in [0, 0.1) is 0 Å². The SMILES string of the molecule is COC(=O)c1cccc(NC(=O)N2CCN([C@@H](C)c3nc4ccccc4s3)CC2)c1. The number of benzene rings is 2. The van der Waals surface area contributed by atoms with Crippen LogP contribution in [0.15, 0.2) is 48.5 Å². The average Bonchev–Trinajstić information content (AvgIpc) is 3.22. The molecular weight excluding hydrogens is 400 g/mol. The first-order chi connectivity index (χ1) is 14.5. The number of nitrogens with one attached hydrogen (secondary N) is 1. The lowest BCUT2D eigenvalue weighted by molar-refractivity contribution is 0.0600. The van der Waals surface area contributed by atoms with Crippen molar-refractivity contribution in [3.05, 3.63) is 59.1 Å². The van der Waals surface area contributed by atoms with E-state index in [1.165, 1.54) is 11.8 Å². The summed E-state index contributed by atoms with van der Waals surface area (Å²) in [5.41, 5.74) is 2.02.